The van der Waals surface area contributed by atoms with E-state index in [1.807, 2.05) is 35.2 Å². The van der Waals surface area contributed by atoms with Gasteiger partial charge in [0.05, 0.1) is 17.9 Å². The van der Waals surface area contributed by atoms with Gasteiger partial charge in [-0.2, -0.15) is 4.31 Å². The molecule has 31 heavy (non-hydrogen) atoms. The van der Waals surface area contributed by atoms with E-state index in [0.29, 0.717) is 31.6 Å². The highest BCUT2D eigenvalue weighted by Crippen LogP contribution is 2.28. The first kappa shape index (κ1) is 23.5. The number of hydrogen-bond donors (Lipinski definition) is 1. The van der Waals surface area contributed by atoms with Gasteiger partial charge in [-0.25, -0.2) is 8.42 Å². The zero-order valence-corrected chi connectivity index (χ0v) is 17.8. The summed E-state index contributed by atoms with van der Waals surface area (Å²) < 4.78 is 68.3. The number of halogens is 3. The number of likely N-dealkylation sites (tertiary alicyclic amines) is 1. The fourth-order valence-electron chi connectivity index (χ4n) is 3.62. The van der Waals surface area contributed by atoms with Crippen LogP contribution in [0.1, 0.15) is 23.6 Å². The van der Waals surface area contributed by atoms with Crippen molar-refractivity contribution < 1.29 is 31.4 Å². The van der Waals surface area contributed by atoms with Crippen LogP contribution in [-0.4, -0.2) is 61.9 Å². The molecule has 6 nitrogen and oxygen atoms in total. The molecule has 2 aromatic rings. The van der Waals surface area contributed by atoms with E-state index in [4.69, 9.17) is 0 Å². The van der Waals surface area contributed by atoms with E-state index in [9.17, 15) is 26.7 Å². The number of hydrogen-bond acceptors (Lipinski definition) is 5. The molecule has 10 heteroatoms. The largest absolute Gasteiger partial charge is 0.573 e. The molecule has 1 heterocycles. The van der Waals surface area contributed by atoms with Gasteiger partial charge in [0.15, 0.2) is 0 Å². The van der Waals surface area contributed by atoms with Crippen molar-refractivity contribution in [2.75, 3.05) is 26.7 Å². The summed E-state index contributed by atoms with van der Waals surface area (Å²) in [5.41, 5.74) is 1.17. The smallest absolute Gasteiger partial charge is 0.406 e. The highest BCUT2D eigenvalue weighted by molar-refractivity contribution is 7.88. The Kier molecular flexibility index (Phi) is 7.25. The fourth-order valence-corrected chi connectivity index (χ4v) is 5.02. The zero-order valence-electron chi connectivity index (χ0n) is 17.0. The second-order valence-electron chi connectivity index (χ2n) is 7.59. The lowest BCUT2D eigenvalue weighted by molar-refractivity contribution is -0.274. The Hall–Kier alpha value is -2.14. The van der Waals surface area contributed by atoms with Gasteiger partial charge in [-0.05, 0) is 29.7 Å². The maximum atomic E-state index is 13.1. The van der Waals surface area contributed by atoms with Crippen LogP contribution in [0, 0.1) is 0 Å². The minimum Gasteiger partial charge on any atom is -0.406 e. The van der Waals surface area contributed by atoms with E-state index in [1.54, 1.807) is 0 Å². The number of rotatable bonds is 8. The zero-order chi connectivity index (χ0) is 22.6. The van der Waals surface area contributed by atoms with E-state index in [-0.39, 0.29) is 5.75 Å². The maximum Gasteiger partial charge on any atom is 0.573 e. The minimum absolute atomic E-state index is 0.352. The Balaban J connectivity index is 1.76. The topological polar surface area (TPSA) is 70.1 Å². The van der Waals surface area contributed by atoms with Crippen LogP contribution in [0.25, 0.3) is 0 Å². The summed E-state index contributed by atoms with van der Waals surface area (Å²) in [7, 11) is -2.28. The van der Waals surface area contributed by atoms with Crippen LogP contribution >= 0.6 is 0 Å². The Bertz CT molecular complexity index is 953. The van der Waals surface area contributed by atoms with Crippen molar-refractivity contribution in [3.63, 3.8) is 0 Å². The maximum absolute atomic E-state index is 13.1. The molecule has 1 aliphatic rings. The summed E-state index contributed by atoms with van der Waals surface area (Å²) in [6, 6.07) is 13.6. The lowest BCUT2D eigenvalue weighted by Crippen LogP contribution is -2.39. The molecule has 3 rings (SSSR count). The molecule has 1 saturated heterocycles. The lowest BCUT2D eigenvalue weighted by Gasteiger charge is -2.31. The second kappa shape index (κ2) is 9.56. The SMILES string of the molecule is CN([C@H](CN1CC[C@H](O)C1)c1ccccc1)S(=O)(=O)Cc1ccc(OC(F)(F)F)cc1. The molecule has 0 saturated carbocycles. The lowest BCUT2D eigenvalue weighted by atomic mass is 10.1. The molecular formula is C21H25F3N2O4S. The number of likely N-dealkylation sites (N-methyl/N-ethyl adjacent to an activating group) is 1. The highest BCUT2D eigenvalue weighted by atomic mass is 32.2. The fraction of sp³-hybridized carbons (Fsp3) is 0.429. The van der Waals surface area contributed by atoms with Gasteiger partial charge >= 0.3 is 6.36 Å². The number of ether oxygens (including phenoxy) is 1. The first-order chi connectivity index (χ1) is 14.5. The molecule has 2 atom stereocenters. The van der Waals surface area contributed by atoms with E-state index < -0.39 is 34.3 Å². The molecule has 0 bridgehead atoms. The molecule has 0 unspecified atom stereocenters. The summed E-state index contributed by atoms with van der Waals surface area (Å²) in [4.78, 5) is 2.03. The summed E-state index contributed by atoms with van der Waals surface area (Å²) in [6.45, 7) is 1.59. The standard InChI is InChI=1S/C21H25F3N2O4S/c1-25(20(17-5-3-2-4-6-17)14-26-12-11-18(27)13-26)31(28,29)15-16-7-9-19(10-8-16)30-21(22,23)24/h2-10,18,20,27H,11-15H2,1H3/t18-,20+/m0/s1. The van der Waals surface area contributed by atoms with Crippen LogP contribution in [0.5, 0.6) is 5.75 Å². The number of sulfonamides is 1. The first-order valence-electron chi connectivity index (χ1n) is 9.79. The van der Waals surface area contributed by atoms with Crippen LogP contribution in [-0.2, 0) is 15.8 Å². The number of alkyl halides is 3. The number of aliphatic hydroxyl groups excluding tert-OH is 1. The predicted octanol–water partition coefficient (Wildman–Crippen LogP) is 3.15. The van der Waals surface area contributed by atoms with Crippen molar-refractivity contribution >= 4 is 10.0 Å². The monoisotopic (exact) mass is 458 g/mol. The van der Waals surface area contributed by atoms with Gasteiger partial charge < -0.3 is 9.84 Å². The number of nitrogens with zero attached hydrogens (tertiary/aromatic N) is 2. The van der Waals surface area contributed by atoms with Crippen LogP contribution in [0.3, 0.4) is 0 Å². The average Bonchev–Trinajstić information content (AvgIpc) is 3.11. The van der Waals surface area contributed by atoms with Crippen LogP contribution in [0.15, 0.2) is 54.6 Å². The molecule has 2 aromatic carbocycles. The van der Waals surface area contributed by atoms with Gasteiger partial charge in [0.2, 0.25) is 10.0 Å². The molecule has 0 spiro atoms. The second-order valence-corrected chi connectivity index (χ2v) is 9.62. The van der Waals surface area contributed by atoms with Crippen molar-refractivity contribution in [2.45, 2.75) is 30.7 Å². The van der Waals surface area contributed by atoms with Crippen LogP contribution in [0.2, 0.25) is 0 Å². The van der Waals surface area contributed by atoms with Gasteiger partial charge in [0.1, 0.15) is 5.75 Å². The van der Waals surface area contributed by atoms with Gasteiger partial charge in [-0.3, -0.25) is 4.90 Å². The van der Waals surface area contributed by atoms with Gasteiger partial charge in [0.25, 0.3) is 0 Å². The summed E-state index contributed by atoms with van der Waals surface area (Å²) >= 11 is 0. The predicted molar refractivity (Wildman–Crippen MR) is 110 cm³/mol. The van der Waals surface area contributed by atoms with Crippen molar-refractivity contribution in [2.24, 2.45) is 0 Å². The number of β-amino-alcohol motifs (C(OH)–C–C–N with tert-alkyl or cyclic N) is 1. The van der Waals surface area contributed by atoms with Crippen molar-refractivity contribution in [3.05, 3.63) is 65.7 Å². The molecule has 0 radical (unpaired) electrons. The Morgan fingerprint density at radius 1 is 1.16 bits per heavy atom. The molecular weight excluding hydrogens is 433 g/mol. The molecule has 1 fully saturated rings. The van der Waals surface area contributed by atoms with E-state index >= 15 is 0 Å². The molecule has 1 N–H and O–H groups in total. The van der Waals surface area contributed by atoms with Gasteiger partial charge in [-0.1, -0.05) is 42.5 Å². The van der Waals surface area contributed by atoms with E-state index in [1.165, 1.54) is 23.5 Å². The quantitative estimate of drug-likeness (QED) is 0.658. The van der Waals surface area contributed by atoms with Crippen molar-refractivity contribution in [1.29, 1.82) is 0 Å². The molecule has 0 amide bonds. The molecule has 170 valence electrons. The van der Waals surface area contributed by atoms with Crippen LogP contribution in [0.4, 0.5) is 13.2 Å². The van der Waals surface area contributed by atoms with Crippen molar-refractivity contribution in [3.8, 4) is 5.75 Å². The highest BCUT2D eigenvalue weighted by Gasteiger charge is 2.32. The van der Waals surface area contributed by atoms with E-state index in [0.717, 1.165) is 17.7 Å². The number of benzene rings is 2. The Morgan fingerprint density at radius 3 is 2.35 bits per heavy atom. The van der Waals surface area contributed by atoms with Gasteiger partial charge in [0, 0.05) is 26.7 Å². The van der Waals surface area contributed by atoms with E-state index in [2.05, 4.69) is 4.74 Å². The molecule has 1 aliphatic heterocycles. The summed E-state index contributed by atoms with van der Waals surface area (Å²) in [6.07, 6.45) is -4.58. The first-order valence-corrected chi connectivity index (χ1v) is 11.4. The average molecular weight is 459 g/mol. The number of aliphatic hydroxyl groups is 1. The molecule has 0 aromatic heterocycles. The third kappa shape index (κ3) is 6.67. The summed E-state index contributed by atoms with van der Waals surface area (Å²) in [5, 5.41) is 9.82. The Labute approximate surface area is 179 Å². The third-order valence-electron chi connectivity index (χ3n) is 5.25. The normalized spacial score (nSPS) is 19.0. The van der Waals surface area contributed by atoms with Gasteiger partial charge in [-0.15, -0.1) is 13.2 Å². The molecule has 0 aliphatic carbocycles. The van der Waals surface area contributed by atoms with Crippen molar-refractivity contribution in [1.82, 2.24) is 9.21 Å². The Morgan fingerprint density at radius 2 is 1.81 bits per heavy atom. The van der Waals surface area contributed by atoms with Crippen LogP contribution < -0.4 is 4.74 Å². The minimum atomic E-state index is -4.81. The summed E-state index contributed by atoms with van der Waals surface area (Å²) in [5.74, 6) is -0.765. The third-order valence-corrected chi connectivity index (χ3v) is 7.08.